The molecule has 0 bridgehead atoms. The molecule has 1 N–H and O–H groups in total. The molecule has 0 atom stereocenters. The van der Waals surface area contributed by atoms with Crippen molar-refractivity contribution in [3.05, 3.63) is 46.2 Å². The summed E-state index contributed by atoms with van der Waals surface area (Å²) < 4.78 is 11.2. The lowest BCUT2D eigenvalue weighted by atomic mass is 10.1. The third-order valence-corrected chi connectivity index (χ3v) is 5.11. The molecule has 3 aromatic rings. The molecule has 0 fully saturated rings. The number of methoxy groups -OCH3 is 1. The molecule has 0 radical (unpaired) electrons. The maximum atomic E-state index is 12.2. The molecule has 0 aliphatic rings. The number of furan rings is 1. The number of anilines is 1. The van der Waals surface area contributed by atoms with Crippen LogP contribution in [-0.2, 0) is 0 Å². The lowest BCUT2D eigenvalue weighted by molar-refractivity contribution is -0.384. The van der Waals surface area contributed by atoms with Gasteiger partial charge in [-0.15, -0.1) is 10.2 Å². The molecular formula is C15H12N4O5S2. The van der Waals surface area contributed by atoms with Gasteiger partial charge < -0.3 is 9.15 Å². The standard InChI is InChI=1S/C15H12N4O5S2/c1-23-8-3-4-9(10(7-8)19(21)22)11-5-6-12(24-11)13(20)16-14-17-18-15(25-2)26-14/h3-7H,1-2H3,(H,16,17,20). The Balaban J connectivity index is 1.85. The quantitative estimate of drug-likeness (QED) is 0.292. The summed E-state index contributed by atoms with van der Waals surface area (Å²) in [6.07, 6.45) is 1.85. The summed E-state index contributed by atoms with van der Waals surface area (Å²) in [5.74, 6) is 0.0413. The number of hydrogen-bond acceptors (Lipinski definition) is 9. The van der Waals surface area contributed by atoms with E-state index in [1.807, 2.05) is 6.26 Å². The Labute approximate surface area is 155 Å². The number of nitro benzene ring substituents is 1. The summed E-state index contributed by atoms with van der Waals surface area (Å²) >= 11 is 2.65. The van der Waals surface area contributed by atoms with Gasteiger partial charge in [-0.25, -0.2) is 0 Å². The zero-order valence-corrected chi connectivity index (χ0v) is 15.2. The van der Waals surface area contributed by atoms with Crippen LogP contribution in [-0.4, -0.2) is 34.4 Å². The number of nitrogens with zero attached hydrogens (tertiary/aromatic N) is 3. The van der Waals surface area contributed by atoms with Crippen LogP contribution in [0.2, 0.25) is 0 Å². The summed E-state index contributed by atoms with van der Waals surface area (Å²) in [6, 6.07) is 7.32. The van der Waals surface area contributed by atoms with Gasteiger partial charge >= 0.3 is 0 Å². The minimum absolute atomic E-state index is 0.00557. The Morgan fingerprint density at radius 3 is 2.81 bits per heavy atom. The van der Waals surface area contributed by atoms with Gasteiger partial charge in [-0.1, -0.05) is 23.1 Å². The fraction of sp³-hybridized carbons (Fsp3) is 0.133. The van der Waals surface area contributed by atoms with Crippen molar-refractivity contribution >= 4 is 39.8 Å². The molecule has 3 rings (SSSR count). The normalized spacial score (nSPS) is 10.5. The summed E-state index contributed by atoms with van der Waals surface area (Å²) in [6.45, 7) is 0. The van der Waals surface area contributed by atoms with Crippen molar-refractivity contribution in [2.24, 2.45) is 0 Å². The molecule has 134 valence electrons. The number of ether oxygens (including phenoxy) is 1. The molecule has 0 unspecified atom stereocenters. The van der Waals surface area contributed by atoms with Crippen LogP contribution >= 0.6 is 23.1 Å². The van der Waals surface area contributed by atoms with Crippen molar-refractivity contribution in [1.29, 1.82) is 0 Å². The second-order valence-corrected chi connectivity index (χ2v) is 6.87. The maximum Gasteiger partial charge on any atom is 0.293 e. The van der Waals surface area contributed by atoms with Crippen LogP contribution in [0.5, 0.6) is 5.75 Å². The van der Waals surface area contributed by atoms with Gasteiger partial charge in [0.05, 0.1) is 23.7 Å². The summed E-state index contributed by atoms with van der Waals surface area (Å²) in [5, 5.41) is 21.9. The molecule has 11 heteroatoms. The highest BCUT2D eigenvalue weighted by atomic mass is 32.2. The van der Waals surface area contributed by atoms with Crippen LogP contribution in [0.3, 0.4) is 0 Å². The van der Waals surface area contributed by atoms with E-state index < -0.39 is 10.8 Å². The molecule has 0 saturated carbocycles. The van der Waals surface area contributed by atoms with Crippen molar-refractivity contribution < 1.29 is 18.9 Å². The van der Waals surface area contributed by atoms with Crippen LogP contribution in [0, 0.1) is 10.1 Å². The number of carbonyl (C=O) groups excluding carboxylic acids is 1. The largest absolute Gasteiger partial charge is 0.497 e. The number of hydrogen-bond donors (Lipinski definition) is 1. The summed E-state index contributed by atoms with van der Waals surface area (Å²) in [5.41, 5.74) is 0.0647. The highest BCUT2D eigenvalue weighted by Gasteiger charge is 2.21. The predicted octanol–water partition coefficient (Wildman–Crippen LogP) is 3.69. The minimum Gasteiger partial charge on any atom is -0.497 e. The molecular weight excluding hydrogens is 380 g/mol. The predicted molar refractivity (Wildman–Crippen MR) is 97.0 cm³/mol. The van der Waals surface area contributed by atoms with Crippen molar-refractivity contribution in [1.82, 2.24) is 10.2 Å². The molecule has 0 saturated heterocycles. The smallest absolute Gasteiger partial charge is 0.293 e. The number of benzene rings is 1. The average Bonchev–Trinajstić information content (AvgIpc) is 3.30. The van der Waals surface area contributed by atoms with E-state index in [4.69, 9.17) is 9.15 Å². The molecule has 0 aliphatic heterocycles. The van der Waals surface area contributed by atoms with Crippen LogP contribution in [0.4, 0.5) is 10.8 Å². The number of aromatic nitrogens is 2. The third kappa shape index (κ3) is 3.68. The van der Waals surface area contributed by atoms with E-state index in [0.717, 1.165) is 0 Å². The second-order valence-electron chi connectivity index (χ2n) is 4.84. The van der Waals surface area contributed by atoms with Gasteiger partial charge in [0, 0.05) is 0 Å². The Morgan fingerprint density at radius 1 is 1.35 bits per heavy atom. The zero-order valence-electron chi connectivity index (χ0n) is 13.6. The molecule has 2 aromatic heterocycles. The van der Waals surface area contributed by atoms with E-state index >= 15 is 0 Å². The van der Waals surface area contributed by atoms with Crippen LogP contribution < -0.4 is 10.1 Å². The fourth-order valence-corrected chi connectivity index (χ4v) is 3.27. The van der Waals surface area contributed by atoms with Crippen molar-refractivity contribution in [3.63, 3.8) is 0 Å². The van der Waals surface area contributed by atoms with Gasteiger partial charge in [-0.05, 0) is 30.5 Å². The Hall–Kier alpha value is -2.92. The van der Waals surface area contributed by atoms with Gasteiger partial charge in [0.1, 0.15) is 11.5 Å². The first-order valence-corrected chi connectivity index (χ1v) is 9.17. The van der Waals surface area contributed by atoms with Crippen molar-refractivity contribution in [2.75, 3.05) is 18.7 Å². The lowest BCUT2D eigenvalue weighted by Gasteiger charge is -2.03. The monoisotopic (exact) mass is 392 g/mol. The first-order valence-electron chi connectivity index (χ1n) is 7.13. The number of rotatable bonds is 6. The molecule has 9 nitrogen and oxygen atoms in total. The topological polar surface area (TPSA) is 120 Å². The molecule has 1 aromatic carbocycles. The van der Waals surface area contributed by atoms with E-state index in [2.05, 4.69) is 15.5 Å². The Morgan fingerprint density at radius 2 is 2.15 bits per heavy atom. The van der Waals surface area contributed by atoms with Crippen molar-refractivity contribution in [3.8, 4) is 17.1 Å². The van der Waals surface area contributed by atoms with Crippen LogP contribution in [0.15, 0.2) is 39.1 Å². The average molecular weight is 392 g/mol. The SMILES string of the molecule is COc1ccc(-c2ccc(C(=O)Nc3nnc(SC)s3)o2)c([N+](=O)[O-])c1. The number of nitrogens with one attached hydrogen (secondary N) is 1. The van der Waals surface area contributed by atoms with Gasteiger partial charge in [0.25, 0.3) is 11.6 Å². The first kappa shape index (κ1) is 17.9. The van der Waals surface area contributed by atoms with Crippen molar-refractivity contribution in [2.45, 2.75) is 4.34 Å². The van der Waals surface area contributed by atoms with E-state index in [1.54, 1.807) is 6.07 Å². The highest BCUT2D eigenvalue weighted by molar-refractivity contribution is 8.00. The van der Waals surface area contributed by atoms with Gasteiger partial charge in [-0.2, -0.15) is 0 Å². The lowest BCUT2D eigenvalue weighted by Crippen LogP contribution is -2.10. The fourth-order valence-electron chi connectivity index (χ4n) is 2.10. The third-order valence-electron chi connectivity index (χ3n) is 3.30. The Bertz CT molecular complexity index is 969. The van der Waals surface area contributed by atoms with Gasteiger partial charge in [0.15, 0.2) is 10.1 Å². The Kier molecular flexibility index (Phi) is 5.19. The number of nitro groups is 1. The van der Waals surface area contributed by atoms with E-state index in [9.17, 15) is 14.9 Å². The van der Waals surface area contributed by atoms with Crippen LogP contribution in [0.1, 0.15) is 10.6 Å². The maximum absolute atomic E-state index is 12.2. The molecule has 26 heavy (non-hydrogen) atoms. The highest BCUT2D eigenvalue weighted by Crippen LogP contribution is 2.34. The minimum atomic E-state index is -0.536. The molecule has 1 amide bonds. The number of thioether (sulfide) groups is 1. The number of carbonyl (C=O) groups is 1. The second kappa shape index (κ2) is 7.54. The molecule has 0 aliphatic carbocycles. The molecule has 2 heterocycles. The first-order chi connectivity index (χ1) is 12.5. The van der Waals surface area contributed by atoms with E-state index in [0.29, 0.717) is 15.2 Å². The molecule has 0 spiro atoms. The van der Waals surface area contributed by atoms with Gasteiger partial charge in [-0.3, -0.25) is 20.2 Å². The van der Waals surface area contributed by atoms with Gasteiger partial charge in [0.2, 0.25) is 5.13 Å². The van der Waals surface area contributed by atoms with E-state index in [1.165, 1.54) is 54.5 Å². The summed E-state index contributed by atoms with van der Waals surface area (Å²) in [7, 11) is 1.42. The zero-order chi connectivity index (χ0) is 18.7. The summed E-state index contributed by atoms with van der Waals surface area (Å²) in [4.78, 5) is 23.0. The van der Waals surface area contributed by atoms with E-state index in [-0.39, 0.29) is 22.8 Å². The number of amides is 1. The van der Waals surface area contributed by atoms with Crippen LogP contribution in [0.25, 0.3) is 11.3 Å².